The number of nitrogens with zero attached hydrogens (tertiary/aromatic N) is 1. The van der Waals surface area contributed by atoms with Crippen LogP contribution < -0.4 is 14.8 Å². The van der Waals surface area contributed by atoms with Crippen molar-refractivity contribution in [3.63, 3.8) is 0 Å². The average molecular weight is 390 g/mol. The van der Waals surface area contributed by atoms with E-state index in [1.165, 1.54) is 31.3 Å². The van der Waals surface area contributed by atoms with Gasteiger partial charge in [-0.1, -0.05) is 12.1 Å². The minimum absolute atomic E-state index is 0.0335. The summed E-state index contributed by atoms with van der Waals surface area (Å²) < 4.78 is 15.1. The third-order valence-corrected chi connectivity index (χ3v) is 3.89. The van der Waals surface area contributed by atoms with Gasteiger partial charge in [0.1, 0.15) is 5.57 Å². The van der Waals surface area contributed by atoms with Gasteiger partial charge in [0.15, 0.2) is 23.2 Å². The summed E-state index contributed by atoms with van der Waals surface area (Å²) in [5.74, 6) is -0.996. The number of rotatable bonds is 7. The standard InChI is InChI=1S/C18H18N2O6S/c1-4-7-20-17(23)12(16(22)19-18(20)27)8-11-5-6-13(14(9-11)24-2)26-10-15(21)25-3/h4-6,8-9H,1,7,10H2,2-3H3,(H,19,22,27)/b12-8-. The molecule has 0 spiro atoms. The fourth-order valence-corrected chi connectivity index (χ4v) is 2.49. The van der Waals surface area contributed by atoms with E-state index in [2.05, 4.69) is 16.6 Å². The first-order chi connectivity index (χ1) is 12.9. The van der Waals surface area contributed by atoms with Crippen molar-refractivity contribution in [2.75, 3.05) is 27.4 Å². The number of ether oxygens (including phenoxy) is 3. The van der Waals surface area contributed by atoms with E-state index >= 15 is 0 Å². The summed E-state index contributed by atoms with van der Waals surface area (Å²) in [6, 6.07) is 4.75. The van der Waals surface area contributed by atoms with E-state index < -0.39 is 17.8 Å². The van der Waals surface area contributed by atoms with Gasteiger partial charge >= 0.3 is 5.97 Å². The summed E-state index contributed by atoms with van der Waals surface area (Å²) in [6.45, 7) is 3.47. The van der Waals surface area contributed by atoms with Crippen LogP contribution in [-0.2, 0) is 19.1 Å². The predicted molar refractivity (Wildman–Crippen MR) is 101 cm³/mol. The van der Waals surface area contributed by atoms with Crippen LogP contribution in [0.25, 0.3) is 6.08 Å². The monoisotopic (exact) mass is 390 g/mol. The molecular formula is C18H18N2O6S. The van der Waals surface area contributed by atoms with Crippen LogP contribution in [0.1, 0.15) is 5.56 Å². The van der Waals surface area contributed by atoms with Crippen molar-refractivity contribution in [2.45, 2.75) is 0 Å². The van der Waals surface area contributed by atoms with Gasteiger partial charge in [0.05, 0.1) is 14.2 Å². The maximum absolute atomic E-state index is 12.5. The second kappa shape index (κ2) is 8.95. The molecule has 1 aromatic carbocycles. The zero-order valence-corrected chi connectivity index (χ0v) is 15.6. The SMILES string of the molecule is C=CCN1C(=O)/C(=C\c2ccc(OCC(=O)OC)c(OC)c2)C(=O)NC1=S. The second-order valence-corrected chi connectivity index (χ2v) is 5.68. The molecule has 1 saturated heterocycles. The number of hydrogen-bond acceptors (Lipinski definition) is 7. The summed E-state index contributed by atoms with van der Waals surface area (Å²) >= 11 is 5.00. The Labute approximate surface area is 161 Å². The zero-order chi connectivity index (χ0) is 20.0. The maximum atomic E-state index is 12.5. The topological polar surface area (TPSA) is 94.2 Å². The Morgan fingerprint density at radius 2 is 2.04 bits per heavy atom. The highest BCUT2D eigenvalue weighted by Gasteiger charge is 2.32. The number of methoxy groups -OCH3 is 2. The molecule has 1 N–H and O–H groups in total. The van der Waals surface area contributed by atoms with Crippen LogP contribution in [0.3, 0.4) is 0 Å². The summed E-state index contributed by atoms with van der Waals surface area (Å²) in [6.07, 6.45) is 2.93. The lowest BCUT2D eigenvalue weighted by Gasteiger charge is -2.27. The molecule has 27 heavy (non-hydrogen) atoms. The molecule has 1 fully saturated rings. The first-order valence-corrected chi connectivity index (χ1v) is 8.19. The minimum atomic E-state index is -0.588. The van der Waals surface area contributed by atoms with Crippen LogP contribution in [0.5, 0.6) is 11.5 Å². The molecule has 142 valence electrons. The van der Waals surface area contributed by atoms with Crippen LogP contribution in [0.2, 0.25) is 0 Å². The van der Waals surface area contributed by atoms with Gasteiger partial charge in [-0.25, -0.2) is 4.79 Å². The van der Waals surface area contributed by atoms with E-state index in [4.69, 9.17) is 21.7 Å². The van der Waals surface area contributed by atoms with Gasteiger partial charge in [-0.3, -0.25) is 19.8 Å². The summed E-state index contributed by atoms with van der Waals surface area (Å²) in [4.78, 5) is 37.1. The lowest BCUT2D eigenvalue weighted by Crippen LogP contribution is -2.53. The summed E-state index contributed by atoms with van der Waals surface area (Å²) in [5.41, 5.74) is 0.456. The van der Waals surface area contributed by atoms with Crippen LogP contribution in [0, 0.1) is 0 Å². The Balaban J connectivity index is 2.30. The van der Waals surface area contributed by atoms with Gasteiger partial charge in [-0.05, 0) is 36.0 Å². The molecule has 9 heteroatoms. The van der Waals surface area contributed by atoms with Crippen LogP contribution in [0.4, 0.5) is 0 Å². The molecule has 1 aliphatic heterocycles. The van der Waals surface area contributed by atoms with Gasteiger partial charge < -0.3 is 14.2 Å². The normalized spacial score (nSPS) is 15.4. The van der Waals surface area contributed by atoms with Crippen molar-refractivity contribution < 1.29 is 28.6 Å². The molecule has 0 aliphatic carbocycles. The lowest BCUT2D eigenvalue weighted by atomic mass is 10.1. The molecule has 1 heterocycles. The molecule has 2 amide bonds. The van der Waals surface area contributed by atoms with Gasteiger partial charge in [-0.2, -0.15) is 0 Å². The first-order valence-electron chi connectivity index (χ1n) is 7.78. The Morgan fingerprint density at radius 3 is 2.67 bits per heavy atom. The molecule has 1 aromatic rings. The Bertz CT molecular complexity index is 833. The van der Waals surface area contributed by atoms with Crippen molar-refractivity contribution in [1.82, 2.24) is 10.2 Å². The summed E-state index contributed by atoms with van der Waals surface area (Å²) in [5, 5.41) is 2.50. The number of esters is 1. The van der Waals surface area contributed by atoms with E-state index in [9.17, 15) is 14.4 Å². The third-order valence-electron chi connectivity index (χ3n) is 3.57. The number of carbonyl (C=O) groups excluding carboxylic acids is 3. The Hall–Kier alpha value is -3.20. The highest BCUT2D eigenvalue weighted by Crippen LogP contribution is 2.29. The van der Waals surface area contributed by atoms with E-state index in [0.717, 1.165) is 0 Å². The zero-order valence-electron chi connectivity index (χ0n) is 14.8. The molecular weight excluding hydrogens is 372 g/mol. The number of carbonyl (C=O) groups is 3. The van der Waals surface area contributed by atoms with Crippen molar-refractivity contribution >= 4 is 41.2 Å². The van der Waals surface area contributed by atoms with E-state index in [0.29, 0.717) is 17.1 Å². The van der Waals surface area contributed by atoms with Crippen molar-refractivity contribution in [3.8, 4) is 11.5 Å². The second-order valence-electron chi connectivity index (χ2n) is 5.30. The predicted octanol–water partition coefficient (Wildman–Crippen LogP) is 1.06. The van der Waals surface area contributed by atoms with E-state index in [-0.39, 0.29) is 23.8 Å². The maximum Gasteiger partial charge on any atom is 0.343 e. The molecule has 0 aromatic heterocycles. The molecule has 2 rings (SSSR count). The van der Waals surface area contributed by atoms with Gasteiger partial charge in [0.2, 0.25) is 0 Å². The largest absolute Gasteiger partial charge is 0.493 e. The highest BCUT2D eigenvalue weighted by molar-refractivity contribution is 7.80. The number of amides is 2. The molecule has 8 nitrogen and oxygen atoms in total. The van der Waals surface area contributed by atoms with Crippen molar-refractivity contribution in [1.29, 1.82) is 0 Å². The number of benzene rings is 1. The molecule has 0 bridgehead atoms. The number of hydrogen-bond donors (Lipinski definition) is 1. The lowest BCUT2D eigenvalue weighted by molar-refractivity contribution is -0.143. The fraction of sp³-hybridized carbons (Fsp3) is 0.222. The smallest absolute Gasteiger partial charge is 0.343 e. The van der Waals surface area contributed by atoms with Crippen LogP contribution in [0.15, 0.2) is 36.4 Å². The number of nitrogens with one attached hydrogen (secondary N) is 1. The molecule has 0 radical (unpaired) electrons. The van der Waals surface area contributed by atoms with Gasteiger partial charge in [-0.15, -0.1) is 6.58 Å². The molecule has 0 unspecified atom stereocenters. The van der Waals surface area contributed by atoms with Crippen LogP contribution in [-0.4, -0.2) is 55.2 Å². The van der Waals surface area contributed by atoms with Crippen molar-refractivity contribution in [2.24, 2.45) is 0 Å². The third kappa shape index (κ3) is 4.70. The molecule has 0 saturated carbocycles. The minimum Gasteiger partial charge on any atom is -0.493 e. The van der Waals surface area contributed by atoms with E-state index in [1.807, 2.05) is 0 Å². The van der Waals surface area contributed by atoms with Crippen LogP contribution >= 0.6 is 12.2 Å². The summed E-state index contributed by atoms with van der Waals surface area (Å²) in [7, 11) is 2.69. The molecule has 0 atom stereocenters. The Kier molecular flexibility index (Phi) is 6.67. The quantitative estimate of drug-likeness (QED) is 0.245. The first kappa shape index (κ1) is 20.1. The number of thiocarbonyl (C=S) groups is 1. The Morgan fingerprint density at radius 1 is 1.30 bits per heavy atom. The molecule has 1 aliphatic rings. The van der Waals surface area contributed by atoms with E-state index in [1.54, 1.807) is 18.2 Å². The van der Waals surface area contributed by atoms with Gasteiger partial charge in [0.25, 0.3) is 11.8 Å². The van der Waals surface area contributed by atoms with Gasteiger partial charge in [0, 0.05) is 6.54 Å². The van der Waals surface area contributed by atoms with Crippen molar-refractivity contribution in [3.05, 3.63) is 42.0 Å². The fourth-order valence-electron chi connectivity index (χ4n) is 2.24. The average Bonchev–Trinajstić information content (AvgIpc) is 2.66. The highest BCUT2D eigenvalue weighted by atomic mass is 32.1.